The summed E-state index contributed by atoms with van der Waals surface area (Å²) in [4.78, 5) is 25.8. The average molecular weight is 462 g/mol. The number of nitro groups is 1. The number of hydrazone groups is 1. The molecule has 0 radical (unpaired) electrons. The molecule has 4 rings (SSSR count). The lowest BCUT2D eigenvalue weighted by molar-refractivity contribution is -0.384. The van der Waals surface area contributed by atoms with Gasteiger partial charge < -0.3 is 10.2 Å². The fraction of sp³-hybridized carbons (Fsp3) is 0.292. The number of carbonyl (C=O) groups is 1. The first-order valence-corrected chi connectivity index (χ1v) is 11.2. The molecule has 176 valence electrons. The Kier molecular flexibility index (Phi) is 6.86. The average Bonchev–Trinajstić information content (AvgIpc) is 3.48. The topological polar surface area (TPSA) is 118 Å². The van der Waals surface area contributed by atoms with Crippen molar-refractivity contribution in [1.29, 1.82) is 0 Å². The molecule has 0 aliphatic carbocycles. The van der Waals surface area contributed by atoms with E-state index in [1.165, 1.54) is 18.2 Å². The number of aryl methyl sites for hydroxylation is 1. The van der Waals surface area contributed by atoms with Crippen molar-refractivity contribution in [2.75, 3.05) is 29.9 Å². The normalized spacial score (nSPS) is 13.4. The molecule has 10 heteroatoms. The first-order valence-electron chi connectivity index (χ1n) is 11.2. The number of hydrogen-bond donors (Lipinski definition) is 2. The molecule has 0 spiro atoms. The lowest BCUT2D eigenvalue weighted by atomic mass is 10.1. The fourth-order valence-electron chi connectivity index (χ4n) is 4.04. The predicted molar refractivity (Wildman–Crippen MR) is 132 cm³/mol. The molecule has 1 aromatic heterocycles. The molecule has 10 nitrogen and oxygen atoms in total. The van der Waals surface area contributed by atoms with Gasteiger partial charge in [0, 0.05) is 31.3 Å². The fourth-order valence-corrected chi connectivity index (χ4v) is 4.04. The second-order valence-corrected chi connectivity index (χ2v) is 7.98. The summed E-state index contributed by atoms with van der Waals surface area (Å²) in [6.07, 6.45) is 3.80. The number of benzene rings is 2. The maximum Gasteiger partial charge on any atom is 0.293 e. The Morgan fingerprint density at radius 3 is 2.62 bits per heavy atom. The van der Waals surface area contributed by atoms with E-state index in [2.05, 4.69) is 20.7 Å². The summed E-state index contributed by atoms with van der Waals surface area (Å²) in [7, 11) is 0. The highest BCUT2D eigenvalue weighted by molar-refractivity contribution is 5.97. The molecule has 0 bridgehead atoms. The van der Waals surface area contributed by atoms with Crippen LogP contribution in [-0.2, 0) is 0 Å². The van der Waals surface area contributed by atoms with Crippen molar-refractivity contribution in [3.05, 3.63) is 75.5 Å². The number of anilines is 2. The third kappa shape index (κ3) is 4.75. The number of carbonyl (C=O) groups excluding carboxylic acids is 1. The van der Waals surface area contributed by atoms with Gasteiger partial charge in [-0.3, -0.25) is 14.9 Å². The van der Waals surface area contributed by atoms with E-state index in [9.17, 15) is 14.9 Å². The Bertz CT molecular complexity index is 1210. The number of nitrogens with zero attached hydrogens (tertiary/aromatic N) is 5. The first kappa shape index (κ1) is 23.0. The minimum atomic E-state index is -0.529. The minimum absolute atomic E-state index is 0.155. The Morgan fingerprint density at radius 2 is 1.94 bits per heavy atom. The SMILES string of the molecule is CCNc1ccc(C(=O)N/N=C\c2c(C)nn(-c3ccccc3)c2N2CCCC2)cc1[N+](=O)[O-]. The largest absolute Gasteiger partial charge is 0.380 e. The molecule has 0 saturated carbocycles. The van der Waals surface area contributed by atoms with Gasteiger partial charge in [0.1, 0.15) is 11.5 Å². The third-order valence-electron chi connectivity index (χ3n) is 5.67. The summed E-state index contributed by atoms with van der Waals surface area (Å²) in [6, 6.07) is 14.2. The molecule has 0 unspecified atom stereocenters. The predicted octanol–water partition coefficient (Wildman–Crippen LogP) is 3.88. The van der Waals surface area contributed by atoms with Crippen molar-refractivity contribution in [3.63, 3.8) is 0 Å². The highest BCUT2D eigenvalue weighted by atomic mass is 16.6. The van der Waals surface area contributed by atoms with Crippen LogP contribution in [0.3, 0.4) is 0 Å². The first-order chi connectivity index (χ1) is 16.5. The molecule has 34 heavy (non-hydrogen) atoms. The van der Waals surface area contributed by atoms with E-state index < -0.39 is 10.8 Å². The van der Waals surface area contributed by atoms with Crippen LogP contribution < -0.4 is 15.6 Å². The standard InChI is InChI=1S/C24H27N7O3/c1-3-25-21-12-11-18(15-22(21)31(33)34)23(32)27-26-16-20-17(2)28-30(19-9-5-4-6-10-19)24(20)29-13-7-8-14-29/h4-6,9-12,15-16,25H,3,7-8,13-14H2,1-2H3,(H,27,32)/b26-16-. The number of amides is 1. The van der Waals surface area contributed by atoms with Crippen LogP contribution in [0.5, 0.6) is 0 Å². The van der Waals surface area contributed by atoms with Crippen LogP contribution in [0.4, 0.5) is 17.2 Å². The summed E-state index contributed by atoms with van der Waals surface area (Å²) < 4.78 is 1.91. The summed E-state index contributed by atoms with van der Waals surface area (Å²) in [5.41, 5.74) is 5.41. The van der Waals surface area contributed by atoms with Gasteiger partial charge >= 0.3 is 0 Å². The van der Waals surface area contributed by atoms with Gasteiger partial charge in [0.05, 0.1) is 28.1 Å². The third-order valence-corrected chi connectivity index (χ3v) is 5.67. The summed E-state index contributed by atoms with van der Waals surface area (Å²) in [6.45, 7) is 6.13. The van der Waals surface area contributed by atoms with Crippen molar-refractivity contribution in [2.45, 2.75) is 26.7 Å². The van der Waals surface area contributed by atoms with E-state index in [0.717, 1.165) is 48.7 Å². The van der Waals surface area contributed by atoms with Crippen LogP contribution in [-0.4, -0.2) is 46.5 Å². The minimum Gasteiger partial charge on any atom is -0.380 e. The number of hydrogen-bond acceptors (Lipinski definition) is 7. The van der Waals surface area contributed by atoms with Gasteiger partial charge in [0.2, 0.25) is 0 Å². The van der Waals surface area contributed by atoms with Gasteiger partial charge in [-0.25, -0.2) is 10.1 Å². The van der Waals surface area contributed by atoms with E-state index in [0.29, 0.717) is 12.2 Å². The highest BCUT2D eigenvalue weighted by Crippen LogP contribution is 2.29. The van der Waals surface area contributed by atoms with Crippen molar-refractivity contribution in [3.8, 4) is 5.69 Å². The molecule has 3 aromatic rings. The highest BCUT2D eigenvalue weighted by Gasteiger charge is 2.23. The van der Waals surface area contributed by atoms with Gasteiger partial charge in [-0.2, -0.15) is 10.2 Å². The van der Waals surface area contributed by atoms with Gasteiger partial charge in [-0.05, 0) is 51.0 Å². The summed E-state index contributed by atoms with van der Waals surface area (Å²) >= 11 is 0. The molecule has 1 amide bonds. The summed E-state index contributed by atoms with van der Waals surface area (Å²) in [5, 5.41) is 23.2. The van der Waals surface area contributed by atoms with Crippen LogP contribution in [0.25, 0.3) is 5.69 Å². The lowest BCUT2D eigenvalue weighted by Gasteiger charge is -2.20. The quantitative estimate of drug-likeness (QED) is 0.299. The zero-order valence-electron chi connectivity index (χ0n) is 19.2. The van der Waals surface area contributed by atoms with E-state index >= 15 is 0 Å². The monoisotopic (exact) mass is 461 g/mol. The van der Waals surface area contributed by atoms with Gasteiger partial charge in [0.15, 0.2) is 0 Å². The maximum absolute atomic E-state index is 12.6. The van der Waals surface area contributed by atoms with Crippen molar-refractivity contribution in [1.82, 2.24) is 15.2 Å². The van der Waals surface area contributed by atoms with Crippen molar-refractivity contribution in [2.24, 2.45) is 5.10 Å². The van der Waals surface area contributed by atoms with E-state index in [4.69, 9.17) is 5.10 Å². The summed E-state index contributed by atoms with van der Waals surface area (Å²) in [5.74, 6) is 0.406. The van der Waals surface area contributed by atoms with Crippen LogP contribution in [0.2, 0.25) is 0 Å². The van der Waals surface area contributed by atoms with Crippen LogP contribution in [0.15, 0.2) is 53.6 Å². The van der Waals surface area contributed by atoms with Crippen LogP contribution in [0.1, 0.15) is 41.4 Å². The molecule has 1 aliphatic heterocycles. The molecule has 1 saturated heterocycles. The van der Waals surface area contributed by atoms with Gasteiger partial charge in [-0.15, -0.1) is 0 Å². The number of nitrogens with one attached hydrogen (secondary N) is 2. The zero-order chi connectivity index (χ0) is 24.1. The number of aromatic nitrogens is 2. The second kappa shape index (κ2) is 10.2. The van der Waals surface area contributed by atoms with Crippen LogP contribution in [0, 0.1) is 17.0 Å². The molecule has 0 atom stereocenters. The van der Waals surface area contributed by atoms with E-state index in [1.807, 2.05) is 48.9 Å². The molecule has 1 fully saturated rings. The number of rotatable bonds is 8. The molecule has 2 heterocycles. The van der Waals surface area contributed by atoms with Crippen molar-refractivity contribution >= 4 is 29.3 Å². The van der Waals surface area contributed by atoms with Gasteiger partial charge in [0.25, 0.3) is 11.6 Å². The molecule has 2 aromatic carbocycles. The van der Waals surface area contributed by atoms with Crippen LogP contribution >= 0.6 is 0 Å². The van der Waals surface area contributed by atoms with E-state index in [1.54, 1.807) is 6.21 Å². The zero-order valence-corrected chi connectivity index (χ0v) is 19.2. The molecule has 2 N–H and O–H groups in total. The Hall–Kier alpha value is -4.21. The Morgan fingerprint density at radius 1 is 1.21 bits per heavy atom. The van der Waals surface area contributed by atoms with E-state index in [-0.39, 0.29) is 11.3 Å². The number of para-hydroxylation sites is 1. The molecule has 1 aliphatic rings. The number of nitro benzene ring substituents is 1. The smallest absolute Gasteiger partial charge is 0.293 e. The Labute approximate surface area is 197 Å². The lowest BCUT2D eigenvalue weighted by Crippen LogP contribution is -2.23. The van der Waals surface area contributed by atoms with Crippen molar-refractivity contribution < 1.29 is 9.72 Å². The van der Waals surface area contributed by atoms with Gasteiger partial charge in [-0.1, -0.05) is 18.2 Å². The Balaban J connectivity index is 1.59. The second-order valence-electron chi connectivity index (χ2n) is 7.98. The molecular weight excluding hydrogens is 434 g/mol. The molecular formula is C24H27N7O3. The maximum atomic E-state index is 12.6.